The van der Waals surface area contributed by atoms with Crippen LogP contribution in [0.15, 0.2) is 41.6 Å². The second kappa shape index (κ2) is 6.26. The number of nitrogens with zero attached hydrogens (tertiary/aromatic N) is 3. The number of nitrogens with two attached hydrogens (primary N) is 1. The Balaban J connectivity index is 2.42. The van der Waals surface area contributed by atoms with E-state index >= 15 is 0 Å². The molecule has 0 saturated carbocycles. The van der Waals surface area contributed by atoms with Gasteiger partial charge >= 0.3 is 0 Å². The van der Waals surface area contributed by atoms with Crippen LogP contribution in [0, 0.1) is 13.8 Å². The van der Waals surface area contributed by atoms with E-state index < -0.39 is 0 Å². The number of hydrogen-bond donors (Lipinski definition) is 2. The van der Waals surface area contributed by atoms with Gasteiger partial charge in [-0.1, -0.05) is 35.5 Å². The molecule has 0 unspecified atom stereocenters. The monoisotopic (exact) mass is 284 g/mol. The molecule has 0 atom stereocenters. The Hall–Kier alpha value is -2.56. The smallest absolute Gasteiger partial charge is 0.174 e. The maximum Gasteiger partial charge on any atom is 0.174 e. The molecule has 1 aromatic heterocycles. The van der Waals surface area contributed by atoms with Gasteiger partial charge in [0.1, 0.15) is 5.82 Å². The number of hydrogen-bond acceptors (Lipinski definition) is 4. The highest BCUT2D eigenvalue weighted by Crippen LogP contribution is 2.23. The van der Waals surface area contributed by atoms with Gasteiger partial charge < -0.3 is 15.8 Å². The predicted molar refractivity (Wildman–Crippen MR) is 84.8 cm³/mol. The third-order valence-corrected chi connectivity index (χ3v) is 3.31. The van der Waals surface area contributed by atoms with E-state index in [1.807, 2.05) is 50.1 Å². The van der Waals surface area contributed by atoms with Gasteiger partial charge in [0.2, 0.25) is 0 Å². The zero-order valence-corrected chi connectivity index (χ0v) is 12.5. The van der Waals surface area contributed by atoms with E-state index in [0.717, 1.165) is 11.3 Å². The fraction of sp³-hybridized carbons (Fsp3) is 0.250. The van der Waals surface area contributed by atoms with Crippen LogP contribution in [-0.4, -0.2) is 23.1 Å². The van der Waals surface area contributed by atoms with Crippen molar-refractivity contribution in [2.24, 2.45) is 10.9 Å². The van der Waals surface area contributed by atoms with E-state index in [4.69, 9.17) is 10.9 Å². The maximum atomic E-state index is 8.99. The third kappa shape index (κ3) is 3.31. The lowest BCUT2D eigenvalue weighted by atomic mass is 10.1. The normalized spacial score (nSPS) is 11.5. The van der Waals surface area contributed by atoms with Gasteiger partial charge in [0.05, 0.1) is 5.56 Å². The fourth-order valence-electron chi connectivity index (χ4n) is 2.39. The third-order valence-electron chi connectivity index (χ3n) is 3.31. The number of benzene rings is 1. The van der Waals surface area contributed by atoms with Crippen molar-refractivity contribution in [3.63, 3.8) is 0 Å². The summed E-state index contributed by atoms with van der Waals surface area (Å²) in [5, 5.41) is 12.1. The molecule has 5 heteroatoms. The number of anilines is 1. The average Bonchev–Trinajstić information content (AvgIpc) is 2.46. The van der Waals surface area contributed by atoms with Gasteiger partial charge in [0.15, 0.2) is 5.84 Å². The minimum Gasteiger partial charge on any atom is -0.409 e. The largest absolute Gasteiger partial charge is 0.409 e. The van der Waals surface area contributed by atoms with Crippen molar-refractivity contribution in [1.29, 1.82) is 0 Å². The van der Waals surface area contributed by atoms with E-state index in [2.05, 4.69) is 22.3 Å². The Morgan fingerprint density at radius 1 is 1.29 bits per heavy atom. The number of aromatic nitrogens is 1. The van der Waals surface area contributed by atoms with E-state index in [0.29, 0.717) is 17.9 Å². The SMILES string of the molecule is Cc1cc(C)c(C(N)=NO)c(N(C)Cc2ccccc2)n1. The average molecular weight is 284 g/mol. The van der Waals surface area contributed by atoms with Gasteiger partial charge in [-0.3, -0.25) is 0 Å². The van der Waals surface area contributed by atoms with Gasteiger partial charge in [0.25, 0.3) is 0 Å². The highest BCUT2D eigenvalue weighted by atomic mass is 16.4. The zero-order chi connectivity index (χ0) is 15.4. The summed E-state index contributed by atoms with van der Waals surface area (Å²) in [5.41, 5.74) is 9.49. The second-order valence-corrected chi connectivity index (χ2v) is 5.11. The molecule has 2 aromatic rings. The quantitative estimate of drug-likeness (QED) is 0.391. The number of aryl methyl sites for hydroxylation is 2. The summed E-state index contributed by atoms with van der Waals surface area (Å²) in [6.07, 6.45) is 0. The first kappa shape index (κ1) is 14.8. The summed E-state index contributed by atoms with van der Waals surface area (Å²) in [6.45, 7) is 4.56. The molecule has 0 aliphatic heterocycles. The van der Waals surface area contributed by atoms with Gasteiger partial charge in [-0.05, 0) is 31.0 Å². The van der Waals surface area contributed by atoms with Crippen molar-refractivity contribution in [3.05, 3.63) is 58.8 Å². The van der Waals surface area contributed by atoms with Crippen molar-refractivity contribution in [1.82, 2.24) is 4.98 Å². The first-order chi connectivity index (χ1) is 10.0. The van der Waals surface area contributed by atoms with Crippen LogP contribution >= 0.6 is 0 Å². The molecule has 0 amide bonds. The second-order valence-electron chi connectivity index (χ2n) is 5.11. The standard InChI is InChI=1S/C16H20N4O/c1-11-9-12(2)18-16(14(11)15(17)19-21)20(3)10-13-7-5-4-6-8-13/h4-9,21H,10H2,1-3H3,(H2,17,19). The van der Waals surface area contributed by atoms with Crippen LogP contribution in [-0.2, 0) is 6.54 Å². The first-order valence-electron chi connectivity index (χ1n) is 6.74. The molecule has 0 fully saturated rings. The predicted octanol–water partition coefficient (Wildman–Crippen LogP) is 2.43. The molecule has 21 heavy (non-hydrogen) atoms. The summed E-state index contributed by atoms with van der Waals surface area (Å²) in [4.78, 5) is 6.56. The van der Waals surface area contributed by atoms with Gasteiger partial charge in [-0.2, -0.15) is 0 Å². The first-order valence-corrected chi connectivity index (χ1v) is 6.74. The minimum absolute atomic E-state index is 0.0786. The van der Waals surface area contributed by atoms with Crippen LogP contribution in [0.2, 0.25) is 0 Å². The van der Waals surface area contributed by atoms with E-state index in [1.54, 1.807) is 0 Å². The van der Waals surface area contributed by atoms with Crippen molar-refractivity contribution >= 4 is 11.7 Å². The number of oxime groups is 1. The topological polar surface area (TPSA) is 74.7 Å². The molecule has 1 aromatic carbocycles. The number of amidine groups is 1. The molecule has 0 spiro atoms. The van der Waals surface area contributed by atoms with Gasteiger partial charge in [-0.15, -0.1) is 0 Å². The van der Waals surface area contributed by atoms with Crippen molar-refractivity contribution < 1.29 is 5.21 Å². The molecule has 0 bridgehead atoms. The van der Waals surface area contributed by atoms with E-state index in [-0.39, 0.29) is 5.84 Å². The van der Waals surface area contributed by atoms with Crippen LogP contribution in [0.25, 0.3) is 0 Å². The van der Waals surface area contributed by atoms with Crippen molar-refractivity contribution in [3.8, 4) is 0 Å². The highest BCUT2D eigenvalue weighted by Gasteiger charge is 2.16. The lowest BCUT2D eigenvalue weighted by molar-refractivity contribution is 0.318. The summed E-state index contributed by atoms with van der Waals surface area (Å²) in [7, 11) is 1.95. The van der Waals surface area contributed by atoms with Crippen LogP contribution < -0.4 is 10.6 Å². The maximum absolute atomic E-state index is 8.99. The van der Waals surface area contributed by atoms with Crippen molar-refractivity contribution in [2.45, 2.75) is 20.4 Å². The summed E-state index contributed by atoms with van der Waals surface area (Å²) < 4.78 is 0. The number of pyridine rings is 1. The molecule has 0 aliphatic rings. The van der Waals surface area contributed by atoms with Crippen LogP contribution in [0.5, 0.6) is 0 Å². The molecular formula is C16H20N4O. The van der Waals surface area contributed by atoms with Crippen LogP contribution in [0.3, 0.4) is 0 Å². The van der Waals surface area contributed by atoms with Crippen LogP contribution in [0.1, 0.15) is 22.4 Å². The Bertz CT molecular complexity index is 653. The Kier molecular flexibility index (Phi) is 4.42. The molecule has 0 aliphatic carbocycles. The molecule has 5 nitrogen and oxygen atoms in total. The van der Waals surface area contributed by atoms with E-state index in [9.17, 15) is 0 Å². The zero-order valence-electron chi connectivity index (χ0n) is 12.5. The molecular weight excluding hydrogens is 264 g/mol. The molecule has 0 saturated heterocycles. The molecule has 1 heterocycles. The lowest BCUT2D eigenvalue weighted by Crippen LogP contribution is -2.25. The molecule has 110 valence electrons. The Labute approximate surface area is 124 Å². The van der Waals surface area contributed by atoms with Gasteiger partial charge in [-0.25, -0.2) is 4.98 Å². The van der Waals surface area contributed by atoms with Crippen molar-refractivity contribution in [2.75, 3.05) is 11.9 Å². The molecule has 3 N–H and O–H groups in total. The molecule has 0 radical (unpaired) electrons. The summed E-state index contributed by atoms with van der Waals surface area (Å²) in [5.74, 6) is 0.793. The summed E-state index contributed by atoms with van der Waals surface area (Å²) >= 11 is 0. The summed E-state index contributed by atoms with van der Waals surface area (Å²) in [6, 6.07) is 12.0. The Morgan fingerprint density at radius 2 is 1.95 bits per heavy atom. The Morgan fingerprint density at radius 3 is 2.57 bits per heavy atom. The van der Waals surface area contributed by atoms with Crippen LogP contribution in [0.4, 0.5) is 5.82 Å². The lowest BCUT2D eigenvalue weighted by Gasteiger charge is -2.22. The molecule has 2 rings (SSSR count). The highest BCUT2D eigenvalue weighted by molar-refractivity contribution is 6.02. The number of rotatable bonds is 4. The van der Waals surface area contributed by atoms with Gasteiger partial charge in [0, 0.05) is 19.3 Å². The fourth-order valence-corrected chi connectivity index (χ4v) is 2.39. The van der Waals surface area contributed by atoms with E-state index in [1.165, 1.54) is 5.56 Å². The minimum atomic E-state index is 0.0786.